The molecule has 2 aliphatic rings. The van der Waals surface area contributed by atoms with Gasteiger partial charge >= 0.3 is 5.97 Å². The van der Waals surface area contributed by atoms with E-state index >= 15 is 0 Å². The van der Waals surface area contributed by atoms with Gasteiger partial charge in [-0.2, -0.15) is 0 Å². The van der Waals surface area contributed by atoms with Gasteiger partial charge in [0.05, 0.1) is 12.7 Å². The van der Waals surface area contributed by atoms with Crippen molar-refractivity contribution in [3.63, 3.8) is 0 Å². The third kappa shape index (κ3) is 6.07. The first kappa shape index (κ1) is 29.5. The number of hydrogen-bond acceptors (Lipinski definition) is 8. The summed E-state index contributed by atoms with van der Waals surface area (Å²) in [6.45, 7) is 0.797. The minimum atomic E-state index is -1.34. The number of carboxylic acid groups (broad SMARTS) is 1. The van der Waals surface area contributed by atoms with Crippen molar-refractivity contribution in [3.05, 3.63) is 88.1 Å². The van der Waals surface area contributed by atoms with Crippen molar-refractivity contribution in [2.24, 2.45) is 5.73 Å². The molecule has 2 aromatic carbocycles. The zero-order valence-corrected chi connectivity index (χ0v) is 24.7. The van der Waals surface area contributed by atoms with E-state index in [1.165, 1.54) is 12.1 Å². The van der Waals surface area contributed by atoms with E-state index in [-0.39, 0.29) is 34.7 Å². The number of amides is 2. The van der Waals surface area contributed by atoms with E-state index in [9.17, 15) is 24.6 Å². The third-order valence-electron chi connectivity index (χ3n) is 8.08. The Kier molecular flexibility index (Phi) is 8.42. The van der Waals surface area contributed by atoms with Gasteiger partial charge in [-0.1, -0.05) is 12.1 Å². The van der Waals surface area contributed by atoms with Crippen LogP contribution in [0.15, 0.2) is 60.0 Å². The number of anilines is 1. The van der Waals surface area contributed by atoms with Gasteiger partial charge in [0.25, 0.3) is 11.8 Å². The number of aliphatic hydroxyl groups is 1. The Morgan fingerprint density at radius 3 is 2.45 bits per heavy atom. The number of ether oxygens (including phenoxy) is 1. The first-order valence-corrected chi connectivity index (χ1v) is 15.4. The van der Waals surface area contributed by atoms with Crippen LogP contribution in [0.5, 0.6) is 5.75 Å². The van der Waals surface area contributed by atoms with Gasteiger partial charge in [-0.15, -0.1) is 11.3 Å². The molecule has 2 aromatic heterocycles. The van der Waals surface area contributed by atoms with E-state index in [4.69, 9.17) is 10.5 Å². The topological polar surface area (TPSA) is 164 Å². The van der Waals surface area contributed by atoms with E-state index in [2.05, 4.69) is 15.6 Å². The van der Waals surface area contributed by atoms with Crippen molar-refractivity contribution in [1.82, 2.24) is 10.3 Å². The number of carboxylic acids is 1. The summed E-state index contributed by atoms with van der Waals surface area (Å²) in [7, 11) is 0. The molecule has 0 bridgehead atoms. The molecule has 4 aromatic rings. The second-order valence-electron chi connectivity index (χ2n) is 11.0. The Hall–Kier alpha value is -4.58. The number of nitrogens with zero attached hydrogens (tertiary/aromatic N) is 1. The second-order valence-corrected chi connectivity index (χ2v) is 11.9. The van der Waals surface area contributed by atoms with Crippen molar-refractivity contribution in [2.45, 2.75) is 50.8 Å². The summed E-state index contributed by atoms with van der Waals surface area (Å²) < 4.78 is 6.10. The molecule has 0 radical (unpaired) electrons. The van der Waals surface area contributed by atoms with Gasteiger partial charge in [-0.3, -0.25) is 9.59 Å². The predicted molar refractivity (Wildman–Crippen MR) is 167 cm³/mol. The fraction of sp³-hybridized carbons (Fsp3) is 0.273. The first-order valence-electron chi connectivity index (χ1n) is 14.5. The van der Waals surface area contributed by atoms with E-state index < -0.39 is 17.8 Å². The number of carbonyl (C=O) groups is 3. The van der Waals surface area contributed by atoms with Gasteiger partial charge in [-0.25, -0.2) is 9.78 Å². The molecular weight excluding hydrogens is 580 g/mol. The average Bonchev–Trinajstić information content (AvgIpc) is 3.43. The Bertz CT molecular complexity index is 1730. The van der Waals surface area contributed by atoms with Gasteiger partial charge in [0.15, 0.2) is 5.69 Å². The number of thiophene rings is 1. The quantitative estimate of drug-likeness (QED) is 0.198. The highest BCUT2D eigenvalue weighted by molar-refractivity contribution is 7.13. The van der Waals surface area contributed by atoms with Gasteiger partial charge < -0.3 is 31.3 Å². The first-order chi connectivity index (χ1) is 21.3. The van der Waals surface area contributed by atoms with Crippen LogP contribution in [0.25, 0.3) is 21.6 Å². The smallest absolute Gasteiger partial charge is 0.355 e. The number of aromatic nitrogens is 1. The summed E-state index contributed by atoms with van der Waals surface area (Å²) in [5, 5.41) is 27.8. The molecule has 1 fully saturated rings. The van der Waals surface area contributed by atoms with Crippen LogP contribution in [0.1, 0.15) is 68.1 Å². The molecular formula is C33H32N4O6S. The van der Waals surface area contributed by atoms with E-state index in [1.54, 1.807) is 35.6 Å². The summed E-state index contributed by atoms with van der Waals surface area (Å²) >= 11 is 1.55. The molecule has 1 aliphatic carbocycles. The number of rotatable bonds is 7. The Morgan fingerprint density at radius 1 is 0.955 bits per heavy atom. The van der Waals surface area contributed by atoms with Crippen molar-refractivity contribution in [3.8, 4) is 27.3 Å². The zero-order chi connectivity index (χ0) is 30.8. The van der Waals surface area contributed by atoms with Crippen LogP contribution in [0.2, 0.25) is 0 Å². The van der Waals surface area contributed by atoms with Crippen LogP contribution in [-0.4, -0.2) is 51.7 Å². The van der Waals surface area contributed by atoms with Crippen LogP contribution in [0.3, 0.4) is 0 Å². The molecule has 6 rings (SSSR count). The summed E-state index contributed by atoms with van der Waals surface area (Å²) in [5.41, 5.74) is 9.38. The molecule has 226 valence electrons. The number of nitrogens with two attached hydrogens (primary N) is 1. The molecule has 0 spiro atoms. The van der Waals surface area contributed by atoms with E-state index in [0.717, 1.165) is 21.6 Å². The lowest BCUT2D eigenvalue weighted by Crippen LogP contribution is -2.39. The fourth-order valence-electron chi connectivity index (χ4n) is 5.70. The molecule has 0 unspecified atom stereocenters. The standard InChI is InChI=1S/C33H32N4O6S/c34-17-18-1-3-20(4-2-18)35-31(39)25-15-26-28(43-13-11-19-12-14-44-30(19)26)16-24(25)23-9-10-27(37-29(23)33(41)42)32(40)36-21-5-7-22(38)8-6-21/h1-4,9-10,12,14-16,21-22,38H,5-8,11,13,17,34H2,(H,35,39)(H,36,40)(H,41,42). The second kappa shape index (κ2) is 12.6. The summed E-state index contributed by atoms with van der Waals surface area (Å²) in [4.78, 5) is 44.7. The highest BCUT2D eigenvalue weighted by Gasteiger charge is 2.27. The number of aromatic carboxylic acids is 1. The highest BCUT2D eigenvalue weighted by Crippen LogP contribution is 2.43. The van der Waals surface area contributed by atoms with E-state index in [0.29, 0.717) is 62.3 Å². The third-order valence-corrected chi connectivity index (χ3v) is 9.07. The van der Waals surface area contributed by atoms with Crippen LogP contribution < -0.4 is 21.1 Å². The Labute approximate surface area is 257 Å². The minimum absolute atomic E-state index is 0.0440. The van der Waals surface area contributed by atoms with Crippen molar-refractivity contribution in [2.75, 3.05) is 11.9 Å². The van der Waals surface area contributed by atoms with Crippen molar-refractivity contribution >= 4 is 34.8 Å². The lowest BCUT2D eigenvalue weighted by Gasteiger charge is -2.26. The normalized spacial score (nSPS) is 17.4. The number of benzene rings is 2. The maximum Gasteiger partial charge on any atom is 0.355 e. The van der Waals surface area contributed by atoms with Crippen LogP contribution in [-0.2, 0) is 13.0 Å². The minimum Gasteiger partial charge on any atom is -0.493 e. The molecule has 1 saturated carbocycles. The Morgan fingerprint density at radius 2 is 1.73 bits per heavy atom. The lowest BCUT2D eigenvalue weighted by atomic mass is 9.92. The summed E-state index contributed by atoms with van der Waals surface area (Å²) in [6.07, 6.45) is 2.77. The number of aliphatic hydroxyl groups excluding tert-OH is 1. The average molecular weight is 613 g/mol. The molecule has 44 heavy (non-hydrogen) atoms. The summed E-state index contributed by atoms with van der Waals surface area (Å²) in [5.74, 6) is -1.74. The highest BCUT2D eigenvalue weighted by atomic mass is 32.1. The van der Waals surface area contributed by atoms with Gasteiger partial charge in [0, 0.05) is 51.8 Å². The molecule has 6 N–H and O–H groups in total. The van der Waals surface area contributed by atoms with Crippen molar-refractivity contribution in [1.29, 1.82) is 0 Å². The molecule has 2 amide bonds. The molecule has 0 saturated heterocycles. The fourth-order valence-corrected chi connectivity index (χ4v) is 6.67. The van der Waals surface area contributed by atoms with Crippen molar-refractivity contribution < 1.29 is 29.3 Å². The monoisotopic (exact) mass is 612 g/mol. The molecule has 3 heterocycles. The SMILES string of the molecule is NCc1ccc(NC(=O)c2cc3c(cc2-c2ccc(C(=O)NC4CCC(O)CC4)nc2C(=O)O)OCCc2ccsc2-3)cc1. The number of carbonyl (C=O) groups excluding carboxylic acids is 2. The predicted octanol–water partition coefficient (Wildman–Crippen LogP) is 4.85. The zero-order valence-electron chi connectivity index (χ0n) is 23.8. The van der Waals surface area contributed by atoms with Crippen LogP contribution in [0, 0.1) is 0 Å². The van der Waals surface area contributed by atoms with Gasteiger partial charge in [0.2, 0.25) is 0 Å². The van der Waals surface area contributed by atoms with Gasteiger partial charge in [0.1, 0.15) is 11.4 Å². The largest absolute Gasteiger partial charge is 0.493 e. The molecule has 1 aliphatic heterocycles. The summed E-state index contributed by atoms with van der Waals surface area (Å²) in [6, 6.07) is 15.5. The Balaban J connectivity index is 1.41. The maximum absolute atomic E-state index is 13.9. The lowest BCUT2D eigenvalue weighted by molar-refractivity contribution is 0.0690. The molecule has 10 nitrogen and oxygen atoms in total. The van der Waals surface area contributed by atoms with Crippen LogP contribution >= 0.6 is 11.3 Å². The number of fused-ring (bicyclic) bond motifs is 3. The number of hydrogen-bond donors (Lipinski definition) is 5. The molecule has 11 heteroatoms. The van der Waals surface area contributed by atoms with E-state index in [1.807, 2.05) is 23.6 Å². The van der Waals surface area contributed by atoms with Crippen LogP contribution in [0.4, 0.5) is 5.69 Å². The molecule has 0 atom stereocenters. The maximum atomic E-state index is 13.9. The van der Waals surface area contributed by atoms with Gasteiger partial charge in [-0.05, 0) is 84.7 Å². The number of pyridine rings is 1. The number of nitrogens with one attached hydrogen (secondary N) is 2.